The Bertz CT molecular complexity index is 1280. The van der Waals surface area contributed by atoms with E-state index < -0.39 is 14.0 Å². The highest BCUT2D eigenvalue weighted by molar-refractivity contribution is 7.79. The van der Waals surface area contributed by atoms with Crippen molar-refractivity contribution in [1.82, 2.24) is 0 Å². The standard InChI is InChI=1S/C20H20NP.C14H15NO/c1-16(21)19-14-8-9-15-20(19)22(17-10-4-2-5-11-17)18-12-6-3-7-13-18;15-13(11-7-3-1-4-8-11)14(16)12-9-5-2-6-10-12/h2-16H,21H2,1H3;1-10,13-14,16H,15H2. The molecule has 0 aliphatic rings. The largest absolute Gasteiger partial charge is 0.386 e. The molecule has 0 saturated heterocycles. The van der Waals surface area contributed by atoms with Gasteiger partial charge in [0.25, 0.3) is 0 Å². The van der Waals surface area contributed by atoms with Crippen molar-refractivity contribution >= 4 is 23.8 Å². The normalized spacial score (nSPS) is 13.2. The van der Waals surface area contributed by atoms with Gasteiger partial charge in [-0.05, 0) is 47.4 Å². The average molecular weight is 519 g/mol. The molecule has 4 heteroatoms. The summed E-state index contributed by atoms with van der Waals surface area (Å²) in [5, 5.41) is 14.2. The zero-order valence-electron chi connectivity index (χ0n) is 21.6. The van der Waals surface area contributed by atoms with E-state index in [0.717, 1.165) is 11.1 Å². The summed E-state index contributed by atoms with van der Waals surface area (Å²) in [6, 6.07) is 48.8. The Hall–Kier alpha value is -3.59. The number of aliphatic hydroxyl groups excluding tert-OH is 1. The van der Waals surface area contributed by atoms with Gasteiger partial charge in [-0.1, -0.05) is 146 Å². The van der Waals surface area contributed by atoms with Crippen molar-refractivity contribution in [3.05, 3.63) is 162 Å². The van der Waals surface area contributed by atoms with Crippen molar-refractivity contribution in [1.29, 1.82) is 0 Å². The van der Waals surface area contributed by atoms with Crippen LogP contribution in [0.15, 0.2) is 146 Å². The minimum atomic E-state index is -0.663. The van der Waals surface area contributed by atoms with Crippen LogP contribution in [0, 0.1) is 0 Å². The number of hydrogen-bond donors (Lipinski definition) is 3. The lowest BCUT2D eigenvalue weighted by atomic mass is 9.97. The monoisotopic (exact) mass is 518 g/mol. The number of benzene rings is 5. The number of rotatable bonds is 7. The van der Waals surface area contributed by atoms with Crippen LogP contribution < -0.4 is 27.4 Å². The van der Waals surface area contributed by atoms with Gasteiger partial charge in [-0.2, -0.15) is 0 Å². The summed E-state index contributed by atoms with van der Waals surface area (Å²) in [6.45, 7) is 2.06. The van der Waals surface area contributed by atoms with Gasteiger partial charge in [-0.3, -0.25) is 0 Å². The molecule has 5 aromatic rings. The fraction of sp³-hybridized carbons (Fsp3) is 0.118. The summed E-state index contributed by atoms with van der Waals surface area (Å²) >= 11 is 0. The van der Waals surface area contributed by atoms with E-state index in [1.54, 1.807) is 0 Å². The van der Waals surface area contributed by atoms with E-state index in [0.29, 0.717) is 0 Å². The van der Waals surface area contributed by atoms with Gasteiger partial charge >= 0.3 is 0 Å². The van der Waals surface area contributed by atoms with E-state index in [-0.39, 0.29) is 12.1 Å². The Balaban J connectivity index is 0.000000186. The van der Waals surface area contributed by atoms with E-state index in [2.05, 4.69) is 91.9 Å². The molecular formula is C34H35N2OP. The lowest BCUT2D eigenvalue weighted by molar-refractivity contribution is 0.147. The third-order valence-corrected chi connectivity index (χ3v) is 8.88. The maximum absolute atomic E-state index is 10.1. The van der Waals surface area contributed by atoms with Gasteiger partial charge in [0.1, 0.15) is 0 Å². The van der Waals surface area contributed by atoms with E-state index in [1.807, 2.05) is 60.7 Å². The Morgan fingerprint density at radius 2 is 0.921 bits per heavy atom. The van der Waals surface area contributed by atoms with Gasteiger partial charge in [0.2, 0.25) is 0 Å². The summed E-state index contributed by atoms with van der Waals surface area (Å²) in [6.07, 6.45) is -0.663. The zero-order chi connectivity index (χ0) is 26.7. The molecule has 0 bridgehead atoms. The smallest absolute Gasteiger partial charge is 0.0982 e. The SMILES string of the molecule is CC(N)c1ccccc1P(c1ccccc1)c1ccccc1.NC(c1ccccc1)C(O)c1ccccc1. The van der Waals surface area contributed by atoms with E-state index in [4.69, 9.17) is 11.5 Å². The maximum Gasteiger partial charge on any atom is 0.0982 e. The molecule has 38 heavy (non-hydrogen) atoms. The Kier molecular flexibility index (Phi) is 9.97. The van der Waals surface area contributed by atoms with Gasteiger partial charge in [-0.25, -0.2) is 0 Å². The molecule has 5 aromatic carbocycles. The second kappa shape index (κ2) is 13.8. The highest BCUT2D eigenvalue weighted by Crippen LogP contribution is 2.35. The lowest BCUT2D eigenvalue weighted by Gasteiger charge is -2.23. The molecule has 0 aromatic heterocycles. The van der Waals surface area contributed by atoms with Gasteiger partial charge < -0.3 is 16.6 Å². The quantitative estimate of drug-likeness (QED) is 0.236. The van der Waals surface area contributed by atoms with Crippen LogP contribution in [0.4, 0.5) is 0 Å². The second-order valence-corrected chi connectivity index (χ2v) is 11.3. The predicted octanol–water partition coefficient (Wildman–Crippen LogP) is 5.88. The predicted molar refractivity (Wildman–Crippen MR) is 163 cm³/mol. The first-order chi connectivity index (χ1) is 18.6. The first-order valence-electron chi connectivity index (χ1n) is 12.8. The molecule has 3 nitrogen and oxygen atoms in total. The van der Waals surface area contributed by atoms with Crippen molar-refractivity contribution in [2.75, 3.05) is 0 Å². The average Bonchev–Trinajstić information content (AvgIpc) is 2.99. The van der Waals surface area contributed by atoms with Crippen LogP contribution in [0.25, 0.3) is 0 Å². The molecular weight excluding hydrogens is 483 g/mol. The summed E-state index contributed by atoms with van der Waals surface area (Å²) in [4.78, 5) is 0. The van der Waals surface area contributed by atoms with Gasteiger partial charge in [0.05, 0.1) is 12.1 Å². The molecule has 3 atom stereocenters. The first kappa shape index (κ1) is 27.4. The minimum Gasteiger partial charge on any atom is -0.386 e. The maximum atomic E-state index is 10.1. The molecule has 0 fully saturated rings. The van der Waals surface area contributed by atoms with E-state index in [1.165, 1.54) is 21.5 Å². The van der Waals surface area contributed by atoms with Crippen molar-refractivity contribution in [2.45, 2.75) is 25.1 Å². The highest BCUT2D eigenvalue weighted by atomic mass is 31.1. The molecule has 0 heterocycles. The topological polar surface area (TPSA) is 72.3 Å². The Morgan fingerprint density at radius 1 is 0.526 bits per heavy atom. The summed E-state index contributed by atoms with van der Waals surface area (Å²) in [5.74, 6) is 0. The third-order valence-electron chi connectivity index (χ3n) is 6.36. The van der Waals surface area contributed by atoms with Gasteiger partial charge in [0.15, 0.2) is 0 Å². The van der Waals surface area contributed by atoms with Crippen molar-refractivity contribution in [3.8, 4) is 0 Å². The number of nitrogens with two attached hydrogens (primary N) is 2. The van der Waals surface area contributed by atoms with Crippen LogP contribution in [0.1, 0.15) is 41.8 Å². The molecule has 0 amide bonds. The Labute approximate surface area is 227 Å². The van der Waals surface area contributed by atoms with Crippen molar-refractivity contribution < 1.29 is 5.11 Å². The fourth-order valence-electron chi connectivity index (χ4n) is 4.37. The van der Waals surface area contributed by atoms with Crippen LogP contribution in [0.2, 0.25) is 0 Å². The lowest BCUT2D eigenvalue weighted by Crippen LogP contribution is -2.25. The first-order valence-corrected chi connectivity index (χ1v) is 14.2. The van der Waals surface area contributed by atoms with Crippen molar-refractivity contribution in [3.63, 3.8) is 0 Å². The summed E-state index contributed by atoms with van der Waals surface area (Å²) in [5.41, 5.74) is 15.3. The number of aliphatic hydroxyl groups is 1. The van der Waals surface area contributed by atoms with Gasteiger partial charge in [0, 0.05) is 6.04 Å². The molecule has 5 rings (SSSR count). The molecule has 3 unspecified atom stereocenters. The molecule has 5 N–H and O–H groups in total. The molecule has 192 valence electrons. The van der Waals surface area contributed by atoms with Crippen LogP contribution >= 0.6 is 7.92 Å². The second-order valence-electron chi connectivity index (χ2n) is 9.15. The molecule has 0 aliphatic carbocycles. The van der Waals surface area contributed by atoms with Gasteiger partial charge in [-0.15, -0.1) is 0 Å². The fourth-order valence-corrected chi connectivity index (χ4v) is 6.94. The van der Waals surface area contributed by atoms with Crippen LogP contribution in [-0.4, -0.2) is 5.11 Å². The highest BCUT2D eigenvalue weighted by Gasteiger charge is 2.20. The summed E-state index contributed by atoms with van der Waals surface area (Å²) < 4.78 is 0. The minimum absolute atomic E-state index is 0.0358. The zero-order valence-corrected chi connectivity index (χ0v) is 22.5. The summed E-state index contributed by atoms with van der Waals surface area (Å²) in [7, 11) is -0.579. The van der Waals surface area contributed by atoms with E-state index >= 15 is 0 Å². The molecule has 0 spiro atoms. The molecule has 0 saturated carbocycles. The van der Waals surface area contributed by atoms with Crippen LogP contribution in [0.5, 0.6) is 0 Å². The third kappa shape index (κ3) is 7.04. The molecule has 0 aliphatic heterocycles. The van der Waals surface area contributed by atoms with Crippen LogP contribution in [-0.2, 0) is 0 Å². The number of hydrogen-bond acceptors (Lipinski definition) is 3. The molecule has 0 radical (unpaired) electrons. The Morgan fingerprint density at radius 3 is 1.39 bits per heavy atom. The van der Waals surface area contributed by atoms with E-state index in [9.17, 15) is 5.11 Å². The van der Waals surface area contributed by atoms with Crippen molar-refractivity contribution in [2.24, 2.45) is 11.5 Å². The van der Waals surface area contributed by atoms with Crippen LogP contribution in [0.3, 0.4) is 0 Å².